The van der Waals surface area contributed by atoms with E-state index in [0.717, 1.165) is 59.1 Å². The van der Waals surface area contributed by atoms with Crippen LogP contribution in [0.5, 0.6) is 0 Å². The third-order valence-electron chi connectivity index (χ3n) is 9.22. The van der Waals surface area contributed by atoms with Crippen LogP contribution in [0.25, 0.3) is 59.8 Å². The van der Waals surface area contributed by atoms with Crippen molar-refractivity contribution >= 4 is 49.3 Å². The largest absolute Gasteiger partial charge is 0.309 e. The molecule has 0 amide bonds. The van der Waals surface area contributed by atoms with Crippen LogP contribution in [0.4, 0.5) is 5.69 Å². The second-order valence-corrected chi connectivity index (χ2v) is 11.6. The summed E-state index contributed by atoms with van der Waals surface area (Å²) in [5, 5.41) is 15.6. The number of fused-ring (bicyclic) bond motifs is 6. The van der Waals surface area contributed by atoms with Crippen LogP contribution in [0.1, 0.15) is 55.5 Å². The summed E-state index contributed by atoms with van der Waals surface area (Å²) < 4.78 is 4.39. The van der Waals surface area contributed by atoms with Gasteiger partial charge in [-0.15, -0.1) is 0 Å². The van der Waals surface area contributed by atoms with Gasteiger partial charge in [-0.1, -0.05) is 52.0 Å². The van der Waals surface area contributed by atoms with Crippen LogP contribution >= 0.6 is 0 Å². The van der Waals surface area contributed by atoms with Gasteiger partial charge in [-0.3, -0.25) is 0 Å². The maximum atomic E-state index is 10.9. The highest BCUT2D eigenvalue weighted by Gasteiger charge is 2.22. The fraction of sp³-hybridized carbons (Fsp3) is 0.200. The number of hydrogen-bond donors (Lipinski definition) is 0. The molecule has 0 radical (unpaired) electrons. The predicted molar refractivity (Wildman–Crippen MR) is 184 cm³/mol. The summed E-state index contributed by atoms with van der Waals surface area (Å²) in [5.41, 5.74) is 11.8. The summed E-state index contributed by atoms with van der Waals surface area (Å²) in [4.78, 5) is 3.93. The predicted octanol–water partition coefficient (Wildman–Crippen LogP) is 10.6. The number of hydrogen-bond acceptors (Lipinski definition) is 1. The summed E-state index contributed by atoms with van der Waals surface area (Å²) >= 11 is 0. The zero-order valence-electron chi connectivity index (χ0n) is 25.7. The first-order valence-electron chi connectivity index (χ1n) is 15.6. The highest BCUT2D eigenvalue weighted by atomic mass is 15.0. The summed E-state index contributed by atoms with van der Waals surface area (Å²) in [6.45, 7) is 16.8. The van der Waals surface area contributed by atoms with Gasteiger partial charge in [0.2, 0.25) is 0 Å². The van der Waals surface area contributed by atoms with E-state index in [-0.39, 0.29) is 0 Å². The maximum absolute atomic E-state index is 10.9. The van der Waals surface area contributed by atoms with Gasteiger partial charge in [0.1, 0.15) is 6.07 Å². The van der Waals surface area contributed by atoms with Gasteiger partial charge in [0, 0.05) is 21.5 Å². The van der Waals surface area contributed by atoms with Gasteiger partial charge >= 0.3 is 0 Å². The highest BCUT2D eigenvalue weighted by Crippen LogP contribution is 2.40. The van der Waals surface area contributed by atoms with Gasteiger partial charge in [-0.2, -0.15) is 5.26 Å². The summed E-state index contributed by atoms with van der Waals surface area (Å²) in [5.74, 6) is 0. The average Bonchev–Trinajstić information content (AvgIpc) is 3.58. The zero-order valence-corrected chi connectivity index (χ0v) is 25.7. The molecule has 4 heteroatoms. The zero-order chi connectivity index (χ0) is 30.5. The Labute approximate surface area is 258 Å². The molecule has 0 unspecified atom stereocenters. The van der Waals surface area contributed by atoms with Crippen LogP contribution < -0.4 is 0 Å². The number of nitriles is 1. The van der Waals surface area contributed by atoms with E-state index in [1.807, 2.05) is 12.1 Å². The Morgan fingerprint density at radius 3 is 1.11 bits per heavy atom. The molecule has 0 saturated heterocycles. The van der Waals surface area contributed by atoms with Crippen molar-refractivity contribution in [1.82, 2.24) is 9.13 Å². The molecule has 2 heterocycles. The number of aryl methyl sites for hydroxylation is 4. The molecule has 0 atom stereocenters. The van der Waals surface area contributed by atoms with E-state index in [2.05, 4.69) is 121 Å². The van der Waals surface area contributed by atoms with Crippen molar-refractivity contribution in [2.75, 3.05) is 0 Å². The molecule has 0 N–H and O–H groups in total. The molecule has 0 fully saturated rings. The lowest BCUT2D eigenvalue weighted by Gasteiger charge is -2.17. The summed E-state index contributed by atoms with van der Waals surface area (Å²) in [6.07, 6.45) is 3.79. The molecule has 0 bridgehead atoms. The Bertz CT molecular complexity index is 2080. The average molecular weight is 571 g/mol. The second kappa shape index (κ2) is 10.7. The maximum Gasteiger partial charge on any atom is 0.191 e. The molecule has 44 heavy (non-hydrogen) atoms. The van der Waals surface area contributed by atoms with Gasteiger partial charge in [0.25, 0.3) is 0 Å². The van der Waals surface area contributed by atoms with Crippen molar-refractivity contribution in [2.45, 2.75) is 53.4 Å². The Kier molecular flexibility index (Phi) is 6.72. The minimum atomic E-state index is 0.504. The Morgan fingerprint density at radius 1 is 0.545 bits per heavy atom. The van der Waals surface area contributed by atoms with Gasteiger partial charge < -0.3 is 9.13 Å². The number of nitrogens with zero attached hydrogens (tertiary/aromatic N) is 4. The van der Waals surface area contributed by atoms with Gasteiger partial charge in [-0.25, -0.2) is 4.85 Å². The molecule has 5 aromatic carbocycles. The number of rotatable bonds is 6. The molecule has 4 nitrogen and oxygen atoms in total. The number of benzene rings is 5. The van der Waals surface area contributed by atoms with Gasteiger partial charge in [0.15, 0.2) is 5.69 Å². The molecule has 0 aliphatic rings. The van der Waals surface area contributed by atoms with Crippen LogP contribution in [0.15, 0.2) is 84.9 Å². The van der Waals surface area contributed by atoms with Crippen LogP contribution in [0.3, 0.4) is 0 Å². The van der Waals surface area contributed by atoms with E-state index < -0.39 is 0 Å². The molecule has 214 valence electrons. The lowest BCUT2D eigenvalue weighted by Crippen LogP contribution is -2.04. The van der Waals surface area contributed by atoms with Crippen LogP contribution in [0, 0.1) is 17.9 Å². The first-order valence-corrected chi connectivity index (χ1v) is 15.6. The fourth-order valence-corrected chi connectivity index (χ4v) is 6.76. The quantitative estimate of drug-likeness (QED) is 0.183. The first-order chi connectivity index (χ1) is 21.5. The summed E-state index contributed by atoms with van der Waals surface area (Å²) in [7, 11) is 0. The molecule has 0 saturated carbocycles. The van der Waals surface area contributed by atoms with Crippen LogP contribution in [-0.2, 0) is 25.7 Å². The molecular formula is C40H34N4. The van der Waals surface area contributed by atoms with Gasteiger partial charge in [0.05, 0.1) is 45.6 Å². The lowest BCUT2D eigenvalue weighted by atomic mass is 10.1. The fourth-order valence-electron chi connectivity index (χ4n) is 6.76. The van der Waals surface area contributed by atoms with E-state index in [9.17, 15) is 5.26 Å². The highest BCUT2D eigenvalue weighted by molar-refractivity contribution is 6.11. The molecule has 0 aliphatic carbocycles. The van der Waals surface area contributed by atoms with E-state index in [1.54, 1.807) is 0 Å². The Balaban J connectivity index is 1.63. The normalized spacial score (nSPS) is 11.5. The smallest absolute Gasteiger partial charge is 0.191 e. The van der Waals surface area contributed by atoms with E-state index in [4.69, 9.17) is 6.57 Å². The van der Waals surface area contributed by atoms with Gasteiger partial charge in [-0.05, 0) is 109 Å². The van der Waals surface area contributed by atoms with Crippen molar-refractivity contribution in [3.63, 3.8) is 0 Å². The third-order valence-corrected chi connectivity index (χ3v) is 9.22. The minimum absolute atomic E-state index is 0.504. The van der Waals surface area contributed by atoms with E-state index in [0.29, 0.717) is 11.3 Å². The van der Waals surface area contributed by atoms with Crippen molar-refractivity contribution in [2.24, 2.45) is 0 Å². The first kappa shape index (κ1) is 27.5. The van der Waals surface area contributed by atoms with Crippen molar-refractivity contribution in [1.29, 1.82) is 5.26 Å². The third kappa shape index (κ3) is 4.10. The summed E-state index contributed by atoms with van der Waals surface area (Å²) in [6, 6.07) is 32.9. The van der Waals surface area contributed by atoms with Crippen molar-refractivity contribution in [3.05, 3.63) is 124 Å². The van der Waals surface area contributed by atoms with E-state index in [1.165, 1.54) is 43.8 Å². The molecule has 7 aromatic rings. The standard InChI is InChI=1S/C40H34N4/c1-6-25-10-14-35-30(18-25)31-19-26(7-2)11-15-36(31)43(35)39-22-29(42-5)23-40(34(39)24-41)44-37-16-12-27(8-3)20-32(37)33-21-28(9-4)13-17-38(33)44/h10-23H,6-9H2,1-4H3. The topological polar surface area (TPSA) is 38.0 Å². The van der Waals surface area contributed by atoms with Crippen molar-refractivity contribution < 1.29 is 0 Å². The molecule has 0 aliphatic heterocycles. The van der Waals surface area contributed by atoms with E-state index >= 15 is 0 Å². The monoisotopic (exact) mass is 570 g/mol. The molecule has 0 spiro atoms. The Hall–Kier alpha value is -5.32. The van der Waals surface area contributed by atoms with Crippen molar-refractivity contribution in [3.8, 4) is 17.4 Å². The molecule has 7 rings (SSSR count). The SMILES string of the molecule is [C-]#[N+]c1cc(-n2c3ccc(CC)cc3c3cc(CC)ccc32)c(C#N)c(-n2c3ccc(CC)cc3c3cc(CC)ccc32)c1. The minimum Gasteiger partial charge on any atom is -0.309 e. The Morgan fingerprint density at radius 2 is 0.864 bits per heavy atom. The second-order valence-electron chi connectivity index (χ2n) is 11.6. The molecular weight excluding hydrogens is 536 g/mol. The van der Waals surface area contributed by atoms with Crippen LogP contribution in [0.2, 0.25) is 0 Å². The number of aromatic nitrogens is 2. The lowest BCUT2D eigenvalue weighted by molar-refractivity contribution is 1.11. The van der Waals surface area contributed by atoms with Crippen LogP contribution in [-0.4, -0.2) is 9.13 Å². The molecule has 2 aromatic heterocycles.